The number of nitrogens with zero attached hydrogens (tertiary/aromatic N) is 3. The summed E-state index contributed by atoms with van der Waals surface area (Å²) < 4.78 is 7.66. The van der Waals surface area contributed by atoms with Crippen LogP contribution in [0.15, 0.2) is 12.4 Å². The van der Waals surface area contributed by atoms with E-state index in [0.717, 1.165) is 38.2 Å². The molecule has 0 spiro atoms. The van der Waals surface area contributed by atoms with Crippen LogP contribution < -0.4 is 5.73 Å². The fourth-order valence-electron chi connectivity index (χ4n) is 2.61. The molecule has 0 radical (unpaired) electrons. The molecule has 1 aromatic rings. The summed E-state index contributed by atoms with van der Waals surface area (Å²) in [4.78, 5) is 2.42. The summed E-state index contributed by atoms with van der Waals surface area (Å²) in [5, 5.41) is 4.18. The first-order valence-corrected chi connectivity index (χ1v) is 7.27. The van der Waals surface area contributed by atoms with E-state index >= 15 is 0 Å². The Hall–Kier alpha value is -0.910. The average Bonchev–Trinajstić information content (AvgIpc) is 2.83. The molecule has 5 nitrogen and oxygen atoms in total. The zero-order valence-electron chi connectivity index (χ0n) is 12.1. The topological polar surface area (TPSA) is 56.3 Å². The van der Waals surface area contributed by atoms with Gasteiger partial charge in [0, 0.05) is 44.5 Å². The smallest absolute Gasteiger partial charge is 0.0702 e. The van der Waals surface area contributed by atoms with Gasteiger partial charge < -0.3 is 10.5 Å². The molecule has 2 heterocycles. The molecule has 19 heavy (non-hydrogen) atoms. The number of likely N-dealkylation sites (tertiary alicyclic amines) is 1. The van der Waals surface area contributed by atoms with Crippen LogP contribution in [0.1, 0.15) is 37.8 Å². The largest absolute Gasteiger partial charge is 0.377 e. The molecule has 2 N–H and O–H groups in total. The second-order valence-electron chi connectivity index (χ2n) is 5.45. The van der Waals surface area contributed by atoms with Crippen LogP contribution in [0.25, 0.3) is 0 Å². The molecule has 2 rings (SSSR count). The average molecular weight is 266 g/mol. The van der Waals surface area contributed by atoms with E-state index in [-0.39, 0.29) is 6.04 Å². The van der Waals surface area contributed by atoms with Gasteiger partial charge in [-0.25, -0.2) is 0 Å². The number of nitrogens with two attached hydrogens (primary N) is 1. The minimum Gasteiger partial charge on any atom is -0.377 e. The lowest BCUT2D eigenvalue weighted by atomic mass is 10.1. The van der Waals surface area contributed by atoms with Crippen molar-refractivity contribution in [2.45, 2.75) is 38.3 Å². The lowest BCUT2D eigenvalue weighted by molar-refractivity contribution is -0.00138. The van der Waals surface area contributed by atoms with Gasteiger partial charge in [-0.3, -0.25) is 9.58 Å². The highest BCUT2D eigenvalue weighted by Crippen LogP contribution is 2.17. The van der Waals surface area contributed by atoms with Crippen molar-refractivity contribution in [1.82, 2.24) is 14.7 Å². The molecule has 2 unspecified atom stereocenters. The monoisotopic (exact) mass is 266 g/mol. The molecule has 1 aliphatic rings. The van der Waals surface area contributed by atoms with Gasteiger partial charge in [-0.1, -0.05) is 6.92 Å². The zero-order valence-corrected chi connectivity index (χ0v) is 12.1. The van der Waals surface area contributed by atoms with E-state index in [2.05, 4.69) is 16.9 Å². The summed E-state index contributed by atoms with van der Waals surface area (Å²) in [6, 6.07) is 0.0404. The Labute approximate surface area is 115 Å². The lowest BCUT2D eigenvalue weighted by Gasteiger charge is -2.33. The second kappa shape index (κ2) is 7.03. The number of piperidine rings is 1. The van der Waals surface area contributed by atoms with E-state index in [1.807, 2.05) is 19.4 Å². The molecule has 108 valence electrons. The summed E-state index contributed by atoms with van der Waals surface area (Å²) >= 11 is 0. The molecule has 0 saturated carbocycles. The predicted octanol–water partition coefficient (Wildman–Crippen LogP) is 1.31. The van der Waals surface area contributed by atoms with E-state index in [1.54, 1.807) is 4.68 Å². The van der Waals surface area contributed by atoms with Gasteiger partial charge >= 0.3 is 0 Å². The Balaban J connectivity index is 1.81. The standard InChI is InChI=1S/C14H26N4O/c1-3-7-19-13-5-4-6-18(10-13)11-14(15)12-8-16-17(2)9-12/h8-9,13-14H,3-7,10-11,15H2,1-2H3. The predicted molar refractivity (Wildman–Crippen MR) is 75.8 cm³/mol. The third-order valence-electron chi connectivity index (χ3n) is 3.63. The summed E-state index contributed by atoms with van der Waals surface area (Å²) in [6.45, 7) is 6.04. The van der Waals surface area contributed by atoms with E-state index in [1.165, 1.54) is 12.8 Å². The molecule has 0 aromatic carbocycles. The fraction of sp³-hybridized carbons (Fsp3) is 0.786. The molecular weight excluding hydrogens is 240 g/mol. The Morgan fingerprint density at radius 3 is 3.11 bits per heavy atom. The lowest BCUT2D eigenvalue weighted by Crippen LogP contribution is -2.43. The maximum absolute atomic E-state index is 6.25. The molecule has 0 bridgehead atoms. The van der Waals surface area contributed by atoms with Crippen LogP contribution in [0.5, 0.6) is 0 Å². The van der Waals surface area contributed by atoms with Crippen LogP contribution in [-0.2, 0) is 11.8 Å². The number of aryl methyl sites for hydroxylation is 1. The number of ether oxygens (including phenoxy) is 1. The maximum Gasteiger partial charge on any atom is 0.0702 e. The highest BCUT2D eigenvalue weighted by Gasteiger charge is 2.22. The molecule has 1 aliphatic heterocycles. The number of hydrogen-bond acceptors (Lipinski definition) is 4. The van der Waals surface area contributed by atoms with Crippen LogP contribution in [0.3, 0.4) is 0 Å². The molecule has 5 heteroatoms. The first-order valence-electron chi connectivity index (χ1n) is 7.27. The van der Waals surface area contributed by atoms with Gasteiger partial charge in [0.15, 0.2) is 0 Å². The van der Waals surface area contributed by atoms with Crippen LogP contribution in [0, 0.1) is 0 Å². The third-order valence-corrected chi connectivity index (χ3v) is 3.63. The zero-order chi connectivity index (χ0) is 13.7. The molecule has 0 aliphatic carbocycles. The van der Waals surface area contributed by atoms with Crippen molar-refractivity contribution in [2.24, 2.45) is 12.8 Å². The summed E-state index contributed by atoms with van der Waals surface area (Å²) in [6.07, 6.45) is 7.72. The first kappa shape index (κ1) is 14.5. The Bertz CT molecular complexity index is 379. The van der Waals surface area contributed by atoms with Crippen molar-refractivity contribution in [1.29, 1.82) is 0 Å². The van der Waals surface area contributed by atoms with Crippen LogP contribution >= 0.6 is 0 Å². The van der Waals surface area contributed by atoms with E-state index < -0.39 is 0 Å². The molecular formula is C14H26N4O. The summed E-state index contributed by atoms with van der Waals surface area (Å²) in [7, 11) is 1.92. The number of rotatable bonds is 6. The fourth-order valence-corrected chi connectivity index (χ4v) is 2.61. The van der Waals surface area contributed by atoms with Gasteiger partial charge in [-0.15, -0.1) is 0 Å². The van der Waals surface area contributed by atoms with Crippen LogP contribution in [0.2, 0.25) is 0 Å². The molecule has 1 fully saturated rings. The van der Waals surface area contributed by atoms with Gasteiger partial charge in [-0.05, 0) is 25.8 Å². The second-order valence-corrected chi connectivity index (χ2v) is 5.45. The normalized spacial score (nSPS) is 22.6. The summed E-state index contributed by atoms with van der Waals surface area (Å²) in [5.74, 6) is 0. The van der Waals surface area contributed by atoms with Crippen molar-refractivity contribution in [3.05, 3.63) is 18.0 Å². The van der Waals surface area contributed by atoms with Gasteiger partial charge in [0.2, 0.25) is 0 Å². The van der Waals surface area contributed by atoms with Crippen molar-refractivity contribution < 1.29 is 4.74 Å². The highest BCUT2D eigenvalue weighted by molar-refractivity contribution is 5.10. The molecule has 1 saturated heterocycles. The van der Waals surface area contributed by atoms with Gasteiger partial charge in [0.05, 0.1) is 12.3 Å². The quantitative estimate of drug-likeness (QED) is 0.843. The number of hydrogen-bond donors (Lipinski definition) is 1. The molecule has 2 atom stereocenters. The minimum absolute atomic E-state index is 0.0404. The minimum atomic E-state index is 0.0404. The van der Waals surface area contributed by atoms with Crippen LogP contribution in [0.4, 0.5) is 0 Å². The first-order chi connectivity index (χ1) is 9.19. The van der Waals surface area contributed by atoms with Crippen molar-refractivity contribution in [3.8, 4) is 0 Å². The molecule has 0 amide bonds. The maximum atomic E-state index is 6.25. The van der Waals surface area contributed by atoms with Crippen molar-refractivity contribution >= 4 is 0 Å². The molecule has 1 aromatic heterocycles. The van der Waals surface area contributed by atoms with Gasteiger partial charge in [0.25, 0.3) is 0 Å². The Morgan fingerprint density at radius 2 is 2.42 bits per heavy atom. The van der Waals surface area contributed by atoms with E-state index in [4.69, 9.17) is 10.5 Å². The SMILES string of the molecule is CCCOC1CCCN(CC(N)c2cnn(C)c2)C1. The van der Waals surface area contributed by atoms with Gasteiger partial charge in [-0.2, -0.15) is 5.10 Å². The van der Waals surface area contributed by atoms with E-state index in [0.29, 0.717) is 6.10 Å². The van der Waals surface area contributed by atoms with Crippen molar-refractivity contribution in [3.63, 3.8) is 0 Å². The van der Waals surface area contributed by atoms with Crippen LogP contribution in [-0.4, -0.2) is 47.0 Å². The van der Waals surface area contributed by atoms with E-state index in [9.17, 15) is 0 Å². The Morgan fingerprint density at radius 1 is 1.58 bits per heavy atom. The Kier molecular flexibility index (Phi) is 5.36. The third kappa shape index (κ3) is 4.30. The highest BCUT2D eigenvalue weighted by atomic mass is 16.5. The van der Waals surface area contributed by atoms with Crippen molar-refractivity contribution in [2.75, 3.05) is 26.2 Å². The summed E-state index contributed by atoms with van der Waals surface area (Å²) in [5.41, 5.74) is 7.36. The number of aromatic nitrogens is 2. The van der Waals surface area contributed by atoms with Gasteiger partial charge in [0.1, 0.15) is 0 Å².